The maximum Gasteiger partial charge on any atom is 0.238 e. The van der Waals surface area contributed by atoms with Crippen molar-refractivity contribution in [2.24, 2.45) is 0 Å². The number of nitrogens with zero attached hydrogens (tertiary/aromatic N) is 1. The number of ketones is 1. The molecule has 1 aliphatic heterocycles. The molecule has 0 spiro atoms. The first-order valence-corrected chi connectivity index (χ1v) is 7.00. The predicted molar refractivity (Wildman–Crippen MR) is 85.9 cm³/mol. The summed E-state index contributed by atoms with van der Waals surface area (Å²) in [6.07, 6.45) is 8.35. The second-order valence-corrected chi connectivity index (χ2v) is 6.19. The molecule has 0 unspecified atom stereocenters. The largest absolute Gasteiger partial charge is 0.495 e. The lowest BCUT2D eigenvalue weighted by molar-refractivity contribution is -0.124. The number of rotatable bonds is 2. The highest BCUT2D eigenvalue weighted by Gasteiger charge is 2.26. The molecule has 1 heterocycles. The number of hydrogen-bond donors (Lipinski definition) is 0. The third-order valence-electron chi connectivity index (χ3n) is 3.52. The van der Waals surface area contributed by atoms with Gasteiger partial charge in [-0.3, -0.25) is 14.5 Å². The van der Waals surface area contributed by atoms with Gasteiger partial charge >= 0.3 is 0 Å². The van der Waals surface area contributed by atoms with Gasteiger partial charge in [-0.25, -0.2) is 0 Å². The number of benzene rings is 1. The summed E-state index contributed by atoms with van der Waals surface area (Å²) < 4.78 is 5.46. The topological polar surface area (TPSA) is 46.6 Å². The van der Waals surface area contributed by atoms with Crippen LogP contribution in [-0.4, -0.2) is 18.8 Å². The molecular weight excluding hydrogens is 278 g/mol. The van der Waals surface area contributed by atoms with Crippen molar-refractivity contribution >= 4 is 17.4 Å². The van der Waals surface area contributed by atoms with Gasteiger partial charge in [-0.2, -0.15) is 0 Å². The molecule has 1 aromatic rings. The maximum atomic E-state index is 12.1. The van der Waals surface area contributed by atoms with E-state index in [1.54, 1.807) is 13.2 Å². The van der Waals surface area contributed by atoms with E-state index in [0.29, 0.717) is 17.0 Å². The van der Waals surface area contributed by atoms with E-state index in [1.165, 1.54) is 17.2 Å². The first kappa shape index (κ1) is 15.8. The highest BCUT2D eigenvalue weighted by molar-refractivity contribution is 6.13. The van der Waals surface area contributed by atoms with Gasteiger partial charge in [0, 0.05) is 11.8 Å². The van der Waals surface area contributed by atoms with Crippen molar-refractivity contribution in [3.8, 4) is 18.1 Å². The number of allylic oxidation sites excluding steroid dienone is 1. The highest BCUT2D eigenvalue weighted by Crippen LogP contribution is 2.38. The summed E-state index contributed by atoms with van der Waals surface area (Å²) in [5, 5.41) is 0. The van der Waals surface area contributed by atoms with Crippen molar-refractivity contribution in [1.29, 1.82) is 0 Å². The van der Waals surface area contributed by atoms with E-state index in [4.69, 9.17) is 11.2 Å². The van der Waals surface area contributed by atoms with Crippen molar-refractivity contribution in [3.05, 3.63) is 35.5 Å². The quantitative estimate of drug-likeness (QED) is 0.623. The second kappa shape index (κ2) is 5.69. The van der Waals surface area contributed by atoms with E-state index in [-0.39, 0.29) is 23.5 Å². The fourth-order valence-electron chi connectivity index (χ4n) is 2.40. The maximum absolute atomic E-state index is 12.1. The van der Waals surface area contributed by atoms with Gasteiger partial charge in [0.05, 0.1) is 24.8 Å². The molecule has 0 radical (unpaired) electrons. The summed E-state index contributed by atoms with van der Waals surface area (Å²) in [5.74, 6) is 2.79. The van der Waals surface area contributed by atoms with Crippen LogP contribution in [-0.2, 0) is 15.0 Å². The molecule has 1 aliphatic rings. The summed E-state index contributed by atoms with van der Waals surface area (Å²) in [6.45, 7) is 6.14. The standard InChI is InChI=1S/C18H19NO3/c1-6-12-9-13(19-8-7-14(20)11-16(19)21)10-15(17(12)22-5)18(2,3)4/h1,7-10H,11H2,2-5H3. The number of carbonyl (C=O) groups is 2. The SMILES string of the molecule is C#Cc1cc(N2C=CC(=O)CC2=O)cc(C(C)(C)C)c1OC. The van der Waals surface area contributed by atoms with Crippen molar-refractivity contribution in [1.82, 2.24) is 0 Å². The van der Waals surface area contributed by atoms with E-state index >= 15 is 0 Å². The van der Waals surface area contributed by atoms with E-state index in [1.807, 2.05) is 26.8 Å². The minimum absolute atomic E-state index is 0.126. The Balaban J connectivity index is 2.64. The molecule has 0 aromatic heterocycles. The molecule has 2 rings (SSSR count). The summed E-state index contributed by atoms with van der Waals surface area (Å²) in [7, 11) is 1.58. The lowest BCUT2D eigenvalue weighted by atomic mass is 9.84. The van der Waals surface area contributed by atoms with Crippen LogP contribution < -0.4 is 9.64 Å². The molecule has 0 bridgehead atoms. The zero-order valence-corrected chi connectivity index (χ0v) is 13.3. The Bertz CT molecular complexity index is 702. The van der Waals surface area contributed by atoms with Crippen LogP contribution in [0.1, 0.15) is 38.3 Å². The van der Waals surface area contributed by atoms with Crippen molar-refractivity contribution in [3.63, 3.8) is 0 Å². The zero-order valence-electron chi connectivity index (χ0n) is 13.3. The lowest BCUT2D eigenvalue weighted by Crippen LogP contribution is -2.31. The van der Waals surface area contributed by atoms with Gasteiger partial charge in [0.1, 0.15) is 5.75 Å². The number of terminal acetylenes is 1. The van der Waals surface area contributed by atoms with Crippen LogP contribution in [0.25, 0.3) is 0 Å². The minimum atomic E-state index is -0.263. The Morgan fingerprint density at radius 2 is 1.95 bits per heavy atom. The Labute approximate surface area is 130 Å². The number of hydrogen-bond acceptors (Lipinski definition) is 3. The monoisotopic (exact) mass is 297 g/mol. The van der Waals surface area contributed by atoms with Crippen LogP contribution in [0, 0.1) is 12.3 Å². The Hall–Kier alpha value is -2.54. The number of anilines is 1. The van der Waals surface area contributed by atoms with E-state index < -0.39 is 0 Å². The molecule has 0 saturated heterocycles. The van der Waals surface area contributed by atoms with Gasteiger partial charge in [-0.15, -0.1) is 6.42 Å². The van der Waals surface area contributed by atoms with Crippen LogP contribution in [0.4, 0.5) is 5.69 Å². The van der Waals surface area contributed by atoms with Crippen molar-refractivity contribution in [2.45, 2.75) is 32.6 Å². The van der Waals surface area contributed by atoms with Gasteiger partial charge < -0.3 is 4.74 Å². The number of carbonyl (C=O) groups excluding carboxylic acids is 2. The molecule has 0 saturated carbocycles. The average molecular weight is 297 g/mol. The number of methoxy groups -OCH3 is 1. The van der Waals surface area contributed by atoms with Crippen molar-refractivity contribution < 1.29 is 14.3 Å². The zero-order chi connectivity index (χ0) is 16.5. The van der Waals surface area contributed by atoms with Crippen molar-refractivity contribution in [2.75, 3.05) is 12.0 Å². The van der Waals surface area contributed by atoms with Crippen LogP contribution in [0.15, 0.2) is 24.4 Å². The molecule has 0 aliphatic carbocycles. The van der Waals surface area contributed by atoms with Crippen LogP contribution in [0.2, 0.25) is 0 Å². The van der Waals surface area contributed by atoms with Gasteiger partial charge in [-0.1, -0.05) is 26.7 Å². The summed E-state index contributed by atoms with van der Waals surface area (Å²) in [5.41, 5.74) is 1.94. The minimum Gasteiger partial charge on any atom is -0.495 e. The highest BCUT2D eigenvalue weighted by atomic mass is 16.5. The molecular formula is C18H19NO3. The van der Waals surface area contributed by atoms with Crippen LogP contribution >= 0.6 is 0 Å². The molecule has 1 aromatic carbocycles. The van der Waals surface area contributed by atoms with E-state index in [0.717, 1.165) is 5.56 Å². The van der Waals surface area contributed by atoms with Gasteiger partial charge in [0.25, 0.3) is 0 Å². The molecule has 4 heteroatoms. The molecule has 0 N–H and O–H groups in total. The normalized spacial score (nSPS) is 15.0. The summed E-state index contributed by atoms with van der Waals surface area (Å²) in [4.78, 5) is 24.9. The molecule has 4 nitrogen and oxygen atoms in total. The summed E-state index contributed by atoms with van der Waals surface area (Å²) >= 11 is 0. The van der Waals surface area contributed by atoms with E-state index in [2.05, 4.69) is 5.92 Å². The second-order valence-electron chi connectivity index (χ2n) is 6.19. The fourth-order valence-corrected chi connectivity index (χ4v) is 2.40. The lowest BCUT2D eigenvalue weighted by Gasteiger charge is -2.27. The van der Waals surface area contributed by atoms with Gasteiger partial charge in [-0.05, 0) is 23.6 Å². The first-order valence-electron chi connectivity index (χ1n) is 7.00. The first-order chi connectivity index (χ1) is 10.3. The predicted octanol–water partition coefficient (Wildman–Crippen LogP) is 2.79. The van der Waals surface area contributed by atoms with Crippen LogP contribution in [0.3, 0.4) is 0 Å². The molecule has 0 atom stereocenters. The number of amides is 1. The van der Waals surface area contributed by atoms with Crippen LogP contribution in [0.5, 0.6) is 5.75 Å². The summed E-state index contributed by atoms with van der Waals surface area (Å²) in [6, 6.07) is 3.61. The van der Waals surface area contributed by atoms with Gasteiger partial charge in [0.15, 0.2) is 5.78 Å². The fraction of sp³-hybridized carbons (Fsp3) is 0.333. The molecule has 114 valence electrons. The number of ether oxygens (including phenoxy) is 1. The third kappa shape index (κ3) is 2.89. The molecule has 1 amide bonds. The molecule has 22 heavy (non-hydrogen) atoms. The van der Waals surface area contributed by atoms with Gasteiger partial charge in [0.2, 0.25) is 5.91 Å². The average Bonchev–Trinajstić information content (AvgIpc) is 2.44. The Morgan fingerprint density at radius 3 is 2.45 bits per heavy atom. The smallest absolute Gasteiger partial charge is 0.238 e. The van der Waals surface area contributed by atoms with E-state index in [9.17, 15) is 9.59 Å². The Morgan fingerprint density at radius 1 is 1.27 bits per heavy atom. The third-order valence-corrected chi connectivity index (χ3v) is 3.52. The molecule has 0 fully saturated rings. The Kier molecular flexibility index (Phi) is 4.09.